The molecule has 0 aromatic rings. The fourth-order valence-electron chi connectivity index (χ4n) is 0.775. The van der Waals surface area contributed by atoms with E-state index >= 15 is 0 Å². The van der Waals surface area contributed by atoms with Crippen LogP contribution in [0.4, 0.5) is 0 Å². The smallest absolute Gasteiger partial charge is 0.219 e. The molecule has 0 unspecified atom stereocenters. The summed E-state index contributed by atoms with van der Waals surface area (Å²) in [7, 11) is 0. The topological polar surface area (TPSA) is 49.3 Å². The minimum absolute atomic E-state index is 0.0496. The Morgan fingerprint density at radius 3 is 2.67 bits per heavy atom. The second-order valence-electron chi connectivity index (χ2n) is 2.57. The first-order valence-corrected chi connectivity index (χ1v) is 4.78. The standard InChI is InChI=1S/C8H16ClNO2/c9-5-2-1-4-8(12)10-6-3-7-11/h11H,1-7H2,(H,10,12). The summed E-state index contributed by atoms with van der Waals surface area (Å²) in [5.74, 6) is 0.665. The number of carbonyl (C=O) groups excluding carboxylic acids is 1. The van der Waals surface area contributed by atoms with E-state index in [1.54, 1.807) is 0 Å². The first-order valence-electron chi connectivity index (χ1n) is 4.24. The van der Waals surface area contributed by atoms with Gasteiger partial charge in [-0.15, -0.1) is 11.6 Å². The molecule has 0 atom stereocenters. The van der Waals surface area contributed by atoms with Crippen LogP contribution in [0.3, 0.4) is 0 Å². The number of rotatable bonds is 7. The molecule has 0 aromatic carbocycles. The van der Waals surface area contributed by atoms with E-state index in [0.717, 1.165) is 12.8 Å². The van der Waals surface area contributed by atoms with Gasteiger partial charge in [-0.2, -0.15) is 0 Å². The molecule has 4 heteroatoms. The summed E-state index contributed by atoms with van der Waals surface area (Å²) >= 11 is 5.45. The second-order valence-corrected chi connectivity index (χ2v) is 2.95. The molecule has 0 radical (unpaired) electrons. The molecule has 0 heterocycles. The lowest BCUT2D eigenvalue weighted by Gasteiger charge is -2.02. The second kappa shape index (κ2) is 8.81. The molecule has 3 nitrogen and oxygen atoms in total. The molecule has 0 bridgehead atoms. The van der Waals surface area contributed by atoms with Crippen molar-refractivity contribution in [1.29, 1.82) is 0 Å². The largest absolute Gasteiger partial charge is 0.396 e. The Kier molecular flexibility index (Phi) is 8.61. The third kappa shape index (κ3) is 7.82. The van der Waals surface area contributed by atoms with Crippen molar-refractivity contribution in [2.75, 3.05) is 19.0 Å². The van der Waals surface area contributed by atoms with Crippen molar-refractivity contribution in [2.24, 2.45) is 0 Å². The van der Waals surface area contributed by atoms with Crippen molar-refractivity contribution >= 4 is 17.5 Å². The van der Waals surface area contributed by atoms with Crippen molar-refractivity contribution in [3.05, 3.63) is 0 Å². The molecule has 0 aliphatic carbocycles. The predicted octanol–water partition coefficient (Wildman–Crippen LogP) is 0.894. The van der Waals surface area contributed by atoms with E-state index in [9.17, 15) is 4.79 Å². The predicted molar refractivity (Wildman–Crippen MR) is 49.3 cm³/mol. The van der Waals surface area contributed by atoms with Gasteiger partial charge in [-0.25, -0.2) is 0 Å². The van der Waals surface area contributed by atoms with E-state index in [2.05, 4.69) is 5.32 Å². The lowest BCUT2D eigenvalue weighted by molar-refractivity contribution is -0.121. The quantitative estimate of drug-likeness (QED) is 0.466. The minimum Gasteiger partial charge on any atom is -0.396 e. The number of unbranched alkanes of at least 4 members (excludes halogenated alkanes) is 1. The van der Waals surface area contributed by atoms with Gasteiger partial charge in [0.05, 0.1) is 0 Å². The van der Waals surface area contributed by atoms with Crippen LogP contribution in [0.15, 0.2) is 0 Å². The van der Waals surface area contributed by atoms with Crippen molar-refractivity contribution in [3.63, 3.8) is 0 Å². The van der Waals surface area contributed by atoms with E-state index in [1.807, 2.05) is 0 Å². The van der Waals surface area contributed by atoms with Gasteiger partial charge in [0.1, 0.15) is 0 Å². The van der Waals surface area contributed by atoms with Crippen molar-refractivity contribution in [2.45, 2.75) is 25.7 Å². The average molecular weight is 194 g/mol. The number of carbonyl (C=O) groups is 1. The van der Waals surface area contributed by atoms with E-state index < -0.39 is 0 Å². The summed E-state index contributed by atoms with van der Waals surface area (Å²) in [5.41, 5.74) is 0. The Morgan fingerprint density at radius 2 is 2.08 bits per heavy atom. The number of hydrogen-bond acceptors (Lipinski definition) is 2. The number of amides is 1. The molecule has 0 aromatic heterocycles. The maximum Gasteiger partial charge on any atom is 0.219 e. The van der Waals surface area contributed by atoms with Crippen LogP contribution in [0.1, 0.15) is 25.7 Å². The van der Waals surface area contributed by atoms with E-state index in [0.29, 0.717) is 25.3 Å². The van der Waals surface area contributed by atoms with Gasteiger partial charge in [0, 0.05) is 25.5 Å². The monoisotopic (exact) mass is 193 g/mol. The van der Waals surface area contributed by atoms with Crippen LogP contribution in [0.25, 0.3) is 0 Å². The molecule has 0 saturated carbocycles. The van der Waals surface area contributed by atoms with Crippen LogP contribution < -0.4 is 5.32 Å². The Labute approximate surface area is 78.1 Å². The maximum absolute atomic E-state index is 11.0. The molecule has 72 valence electrons. The fourth-order valence-corrected chi connectivity index (χ4v) is 0.964. The molecule has 12 heavy (non-hydrogen) atoms. The highest BCUT2D eigenvalue weighted by atomic mass is 35.5. The van der Waals surface area contributed by atoms with Crippen LogP contribution in [0, 0.1) is 0 Å². The Morgan fingerprint density at radius 1 is 1.33 bits per heavy atom. The lowest BCUT2D eigenvalue weighted by Crippen LogP contribution is -2.24. The Hall–Kier alpha value is -0.280. The number of aliphatic hydroxyl groups is 1. The summed E-state index contributed by atoms with van der Waals surface area (Å²) in [6.45, 7) is 0.693. The third-order valence-corrected chi connectivity index (χ3v) is 1.71. The molecule has 0 fully saturated rings. The summed E-state index contributed by atoms with van der Waals surface area (Å²) in [6, 6.07) is 0. The number of hydrogen-bond donors (Lipinski definition) is 2. The van der Waals surface area contributed by atoms with Gasteiger partial charge in [0.15, 0.2) is 0 Å². The highest BCUT2D eigenvalue weighted by molar-refractivity contribution is 6.17. The molecule has 0 rings (SSSR count). The van der Waals surface area contributed by atoms with E-state index in [4.69, 9.17) is 16.7 Å². The van der Waals surface area contributed by atoms with Crippen molar-refractivity contribution in [1.82, 2.24) is 5.32 Å². The van der Waals surface area contributed by atoms with Crippen LogP contribution in [-0.2, 0) is 4.79 Å². The SMILES string of the molecule is O=C(CCCCCl)NCCCO. The summed E-state index contributed by atoms with van der Waals surface area (Å²) < 4.78 is 0. The van der Waals surface area contributed by atoms with Crippen LogP contribution in [0.5, 0.6) is 0 Å². The highest BCUT2D eigenvalue weighted by Gasteiger charge is 1.98. The number of halogens is 1. The first-order chi connectivity index (χ1) is 5.81. The number of aliphatic hydroxyl groups excluding tert-OH is 1. The first kappa shape index (κ1) is 11.7. The van der Waals surface area contributed by atoms with Crippen LogP contribution in [0.2, 0.25) is 0 Å². The lowest BCUT2D eigenvalue weighted by atomic mass is 10.2. The van der Waals surface area contributed by atoms with Gasteiger partial charge in [0.2, 0.25) is 5.91 Å². The zero-order chi connectivity index (χ0) is 9.23. The van der Waals surface area contributed by atoms with Gasteiger partial charge in [-0.05, 0) is 19.3 Å². The van der Waals surface area contributed by atoms with Crippen molar-refractivity contribution in [3.8, 4) is 0 Å². The average Bonchev–Trinajstić information content (AvgIpc) is 2.06. The van der Waals surface area contributed by atoms with Gasteiger partial charge >= 0.3 is 0 Å². The van der Waals surface area contributed by atoms with Gasteiger partial charge in [-0.1, -0.05) is 0 Å². The van der Waals surface area contributed by atoms with E-state index in [1.165, 1.54) is 0 Å². The Balaban J connectivity index is 3.10. The summed E-state index contributed by atoms with van der Waals surface area (Å²) in [5, 5.41) is 11.1. The zero-order valence-corrected chi connectivity index (χ0v) is 7.94. The third-order valence-electron chi connectivity index (χ3n) is 1.44. The fraction of sp³-hybridized carbons (Fsp3) is 0.875. The zero-order valence-electron chi connectivity index (χ0n) is 7.18. The number of alkyl halides is 1. The normalized spacial score (nSPS) is 9.83. The Bertz CT molecular complexity index is 108. The van der Waals surface area contributed by atoms with Crippen molar-refractivity contribution < 1.29 is 9.90 Å². The molecule has 2 N–H and O–H groups in total. The molecule has 1 amide bonds. The summed E-state index contributed by atoms with van der Waals surface area (Å²) in [4.78, 5) is 11.0. The van der Waals surface area contributed by atoms with Gasteiger partial charge < -0.3 is 10.4 Å². The van der Waals surface area contributed by atoms with Gasteiger partial charge in [0.25, 0.3) is 0 Å². The van der Waals surface area contributed by atoms with E-state index in [-0.39, 0.29) is 12.5 Å². The highest BCUT2D eigenvalue weighted by Crippen LogP contribution is 1.96. The van der Waals surface area contributed by atoms with Crippen LogP contribution >= 0.6 is 11.6 Å². The number of nitrogens with one attached hydrogen (secondary N) is 1. The summed E-state index contributed by atoms with van der Waals surface area (Å²) in [6.07, 6.45) is 2.89. The molecule has 0 saturated heterocycles. The van der Waals surface area contributed by atoms with Crippen LogP contribution in [-0.4, -0.2) is 30.0 Å². The molecule has 0 spiro atoms. The maximum atomic E-state index is 11.0. The van der Waals surface area contributed by atoms with Gasteiger partial charge in [-0.3, -0.25) is 4.79 Å². The minimum atomic E-state index is 0.0496. The molecule has 0 aliphatic rings. The molecular formula is C8H16ClNO2. The molecule has 0 aliphatic heterocycles. The molecular weight excluding hydrogens is 178 g/mol.